The molecule has 1 N–H and O–H groups in total. The second-order valence-electron chi connectivity index (χ2n) is 11.4. The van der Waals surface area contributed by atoms with Crippen molar-refractivity contribution >= 4 is 39.1 Å². The first-order valence-corrected chi connectivity index (χ1v) is 17.3. The predicted octanol–water partition coefficient (Wildman–Crippen LogP) is 7.56. The molecule has 260 valence electrons. The fourth-order valence-electron chi connectivity index (χ4n) is 5.12. The van der Waals surface area contributed by atoms with E-state index in [1.54, 1.807) is 43.3 Å². The molecule has 0 aliphatic heterocycles. The van der Waals surface area contributed by atoms with Crippen molar-refractivity contribution in [2.75, 3.05) is 17.4 Å². The highest BCUT2D eigenvalue weighted by atomic mass is 35.5. The molecule has 0 spiro atoms. The van der Waals surface area contributed by atoms with Crippen molar-refractivity contribution in [2.24, 2.45) is 0 Å². The van der Waals surface area contributed by atoms with Gasteiger partial charge in [0.1, 0.15) is 18.4 Å². The summed E-state index contributed by atoms with van der Waals surface area (Å²) in [6.45, 7) is 2.51. The molecule has 0 unspecified atom stereocenters. The molecular formula is C36H36ClF4N3O4S. The lowest BCUT2D eigenvalue weighted by Gasteiger charge is -2.34. The van der Waals surface area contributed by atoms with Crippen molar-refractivity contribution < 1.29 is 35.6 Å². The number of benzene rings is 4. The van der Waals surface area contributed by atoms with E-state index < -0.39 is 69.2 Å². The lowest BCUT2D eigenvalue weighted by atomic mass is 10.0. The van der Waals surface area contributed by atoms with E-state index in [9.17, 15) is 31.2 Å². The number of carbonyl (C=O) groups excluding carboxylic acids is 2. The van der Waals surface area contributed by atoms with Crippen molar-refractivity contribution in [3.05, 3.63) is 130 Å². The van der Waals surface area contributed by atoms with Crippen LogP contribution in [-0.2, 0) is 38.8 Å². The van der Waals surface area contributed by atoms with Gasteiger partial charge in [-0.15, -0.1) is 0 Å². The highest BCUT2D eigenvalue weighted by Crippen LogP contribution is 2.38. The normalized spacial score (nSPS) is 12.3. The number of amides is 2. The fourth-order valence-corrected chi connectivity index (χ4v) is 6.75. The minimum Gasteiger partial charge on any atom is -0.354 e. The summed E-state index contributed by atoms with van der Waals surface area (Å²) < 4.78 is 85.7. The van der Waals surface area contributed by atoms with Gasteiger partial charge in [0.15, 0.2) is 0 Å². The molecular weight excluding hydrogens is 682 g/mol. The van der Waals surface area contributed by atoms with Crippen LogP contribution in [0.15, 0.2) is 102 Å². The molecule has 49 heavy (non-hydrogen) atoms. The number of carbonyl (C=O) groups is 2. The fraction of sp³-hybridized carbons (Fsp3) is 0.278. The SMILES string of the molecule is CCCCNC(=O)[C@@H](Cc1ccccc1)N(Cc1ccccc1F)C(=O)CN(c1ccc(Cl)c(C(F)(F)F)c1)S(=O)(=O)c1ccc(C)cc1. The highest BCUT2D eigenvalue weighted by molar-refractivity contribution is 7.92. The van der Waals surface area contributed by atoms with Gasteiger partial charge in [-0.1, -0.05) is 91.2 Å². The van der Waals surface area contributed by atoms with Gasteiger partial charge in [0.2, 0.25) is 11.8 Å². The maximum Gasteiger partial charge on any atom is 0.417 e. The van der Waals surface area contributed by atoms with Gasteiger partial charge in [-0.05, 0) is 55.3 Å². The first kappa shape index (κ1) is 37.4. The van der Waals surface area contributed by atoms with Gasteiger partial charge >= 0.3 is 6.18 Å². The summed E-state index contributed by atoms with van der Waals surface area (Å²) in [4.78, 5) is 29.0. The van der Waals surface area contributed by atoms with Gasteiger partial charge in [0.25, 0.3) is 10.0 Å². The van der Waals surface area contributed by atoms with Gasteiger partial charge in [0.05, 0.1) is 21.2 Å². The second-order valence-corrected chi connectivity index (χ2v) is 13.7. The summed E-state index contributed by atoms with van der Waals surface area (Å²) >= 11 is 5.86. The Balaban J connectivity index is 1.86. The van der Waals surface area contributed by atoms with E-state index in [2.05, 4.69) is 5.32 Å². The highest BCUT2D eigenvalue weighted by Gasteiger charge is 2.38. The van der Waals surface area contributed by atoms with E-state index in [4.69, 9.17) is 11.6 Å². The van der Waals surface area contributed by atoms with Crippen molar-refractivity contribution in [2.45, 2.75) is 56.8 Å². The first-order chi connectivity index (χ1) is 23.2. The first-order valence-electron chi connectivity index (χ1n) is 15.5. The smallest absolute Gasteiger partial charge is 0.354 e. The third kappa shape index (κ3) is 9.60. The molecule has 0 heterocycles. The zero-order valence-corrected chi connectivity index (χ0v) is 28.5. The van der Waals surface area contributed by atoms with Crippen LogP contribution in [0.25, 0.3) is 0 Å². The largest absolute Gasteiger partial charge is 0.417 e. The quantitative estimate of drug-likeness (QED) is 0.108. The average Bonchev–Trinajstić information content (AvgIpc) is 3.06. The lowest BCUT2D eigenvalue weighted by molar-refractivity contribution is -0.140. The van der Waals surface area contributed by atoms with Crippen molar-refractivity contribution in [3.63, 3.8) is 0 Å². The minimum atomic E-state index is -4.94. The molecule has 4 rings (SSSR count). The van der Waals surface area contributed by atoms with Gasteiger partial charge in [-0.3, -0.25) is 13.9 Å². The Bertz CT molecular complexity index is 1860. The summed E-state index contributed by atoms with van der Waals surface area (Å²) in [5.74, 6) is -2.17. The average molecular weight is 718 g/mol. The van der Waals surface area contributed by atoms with Crippen LogP contribution >= 0.6 is 11.6 Å². The summed E-state index contributed by atoms with van der Waals surface area (Å²) in [5.41, 5.74) is -0.344. The molecule has 0 aliphatic rings. The molecule has 4 aromatic carbocycles. The third-order valence-electron chi connectivity index (χ3n) is 7.83. The molecule has 0 aromatic heterocycles. The number of sulfonamides is 1. The van der Waals surface area contributed by atoms with Crippen molar-refractivity contribution in [1.29, 1.82) is 0 Å². The molecule has 0 radical (unpaired) electrons. The van der Waals surface area contributed by atoms with Crippen LogP contribution in [0.3, 0.4) is 0 Å². The maximum atomic E-state index is 15.1. The predicted molar refractivity (Wildman–Crippen MR) is 181 cm³/mol. The van der Waals surface area contributed by atoms with Gasteiger partial charge in [0, 0.05) is 25.1 Å². The number of aryl methyl sites for hydroxylation is 1. The van der Waals surface area contributed by atoms with Crippen LogP contribution in [0.1, 0.15) is 42.0 Å². The monoisotopic (exact) mass is 717 g/mol. The molecule has 0 saturated heterocycles. The van der Waals surface area contributed by atoms with Gasteiger partial charge in [-0.25, -0.2) is 12.8 Å². The molecule has 0 fully saturated rings. The van der Waals surface area contributed by atoms with E-state index in [0.29, 0.717) is 28.9 Å². The molecule has 0 saturated carbocycles. The molecule has 4 aromatic rings. The van der Waals surface area contributed by atoms with Gasteiger partial charge in [-0.2, -0.15) is 13.2 Å². The molecule has 2 amide bonds. The molecule has 1 atom stereocenters. The number of unbranched alkanes of at least 4 members (excludes halogenated alkanes) is 1. The Morgan fingerprint density at radius 2 is 1.57 bits per heavy atom. The number of nitrogens with zero attached hydrogens (tertiary/aromatic N) is 2. The molecule has 0 bridgehead atoms. The number of hydrogen-bond acceptors (Lipinski definition) is 4. The van der Waals surface area contributed by atoms with Crippen molar-refractivity contribution in [3.8, 4) is 0 Å². The van der Waals surface area contributed by atoms with E-state index in [1.807, 2.05) is 6.92 Å². The Labute approximate surface area is 288 Å². The standard InChI is InChI=1S/C36H36ClF4N3O4S/c1-3-4-20-42-35(46)33(21-26-10-6-5-7-11-26)43(23-27-12-8-9-13-32(27)38)34(45)24-44(49(47,48)29-17-14-25(2)15-18-29)28-16-19-31(37)30(22-28)36(39,40)41/h5-19,22,33H,3-4,20-21,23-24H2,1-2H3,(H,42,46)/t33-/m1/s1. The van der Waals surface area contributed by atoms with Crippen LogP contribution in [-0.4, -0.2) is 44.3 Å². The minimum absolute atomic E-state index is 0.0110. The number of nitrogens with one attached hydrogen (secondary N) is 1. The van der Waals surface area contributed by atoms with Crippen molar-refractivity contribution in [1.82, 2.24) is 10.2 Å². The lowest BCUT2D eigenvalue weighted by Crippen LogP contribution is -2.53. The summed E-state index contributed by atoms with van der Waals surface area (Å²) in [7, 11) is -4.68. The molecule has 0 aliphatic carbocycles. The number of halogens is 5. The Kier molecular flexibility index (Phi) is 12.5. The zero-order valence-electron chi connectivity index (χ0n) is 26.9. The number of hydrogen-bond donors (Lipinski definition) is 1. The summed E-state index contributed by atoms with van der Waals surface area (Å²) in [6.07, 6.45) is -3.53. The Morgan fingerprint density at radius 3 is 2.20 bits per heavy atom. The molecule has 13 heteroatoms. The van der Waals surface area contributed by atoms with Crippen LogP contribution in [0.4, 0.5) is 23.2 Å². The Morgan fingerprint density at radius 1 is 0.918 bits per heavy atom. The van der Waals surface area contributed by atoms with Crippen LogP contribution in [0.2, 0.25) is 5.02 Å². The molecule has 7 nitrogen and oxygen atoms in total. The van der Waals surface area contributed by atoms with Crippen LogP contribution in [0, 0.1) is 12.7 Å². The third-order valence-corrected chi connectivity index (χ3v) is 9.95. The van der Waals surface area contributed by atoms with Crippen LogP contribution < -0.4 is 9.62 Å². The van der Waals surface area contributed by atoms with E-state index in [0.717, 1.165) is 29.0 Å². The number of rotatable bonds is 14. The van der Waals surface area contributed by atoms with E-state index in [-0.39, 0.29) is 16.9 Å². The van der Waals surface area contributed by atoms with E-state index >= 15 is 4.39 Å². The summed E-state index contributed by atoms with van der Waals surface area (Å²) in [5, 5.41) is 2.15. The van der Waals surface area contributed by atoms with E-state index in [1.165, 1.54) is 42.5 Å². The van der Waals surface area contributed by atoms with Gasteiger partial charge < -0.3 is 10.2 Å². The maximum absolute atomic E-state index is 15.1. The topological polar surface area (TPSA) is 86.8 Å². The van der Waals surface area contributed by atoms with Crippen LogP contribution in [0.5, 0.6) is 0 Å². The summed E-state index contributed by atoms with van der Waals surface area (Å²) in [6, 6.07) is 21.3. The zero-order chi connectivity index (χ0) is 35.8. The number of anilines is 1. The second kappa shape index (κ2) is 16.3. The Hall–Kier alpha value is -4.42. The number of alkyl halides is 3.